The Balaban J connectivity index is 1.99. The van der Waals surface area contributed by atoms with Gasteiger partial charge in [0, 0.05) is 44.8 Å². The van der Waals surface area contributed by atoms with Crippen LogP contribution in [-0.2, 0) is 4.79 Å². The van der Waals surface area contributed by atoms with Gasteiger partial charge in [0.2, 0.25) is 5.91 Å². The molecule has 1 aliphatic heterocycles. The normalized spacial score (nSPS) is 14.6. The molecule has 1 aliphatic rings. The SMILES string of the molecule is CCN(CC)C(=O)CN1CCN(C(=O)c2cc(Cl)c(OCCC(C)C)c(OC)c2)CC1. The van der Waals surface area contributed by atoms with Crippen LogP contribution in [-0.4, -0.2) is 86.0 Å². The molecule has 0 aliphatic carbocycles. The van der Waals surface area contributed by atoms with E-state index in [0.717, 1.165) is 6.42 Å². The van der Waals surface area contributed by atoms with E-state index in [1.54, 1.807) is 24.1 Å². The molecular weight excluding hydrogens is 418 g/mol. The van der Waals surface area contributed by atoms with E-state index in [0.29, 0.717) is 80.4 Å². The fourth-order valence-electron chi connectivity index (χ4n) is 3.54. The molecule has 0 radical (unpaired) electrons. The van der Waals surface area contributed by atoms with Crippen LogP contribution in [0.3, 0.4) is 0 Å². The second-order valence-corrected chi connectivity index (χ2v) is 8.56. The Morgan fingerprint density at radius 2 is 1.77 bits per heavy atom. The van der Waals surface area contributed by atoms with Crippen molar-refractivity contribution in [3.63, 3.8) is 0 Å². The zero-order valence-electron chi connectivity index (χ0n) is 19.4. The lowest BCUT2D eigenvalue weighted by molar-refractivity contribution is -0.132. The molecule has 31 heavy (non-hydrogen) atoms. The van der Waals surface area contributed by atoms with Gasteiger partial charge >= 0.3 is 0 Å². The molecule has 0 saturated carbocycles. The van der Waals surface area contributed by atoms with Gasteiger partial charge in [-0.15, -0.1) is 0 Å². The first-order valence-corrected chi connectivity index (χ1v) is 11.5. The Kier molecular flexibility index (Phi) is 9.91. The number of carbonyl (C=O) groups excluding carboxylic acids is 2. The van der Waals surface area contributed by atoms with Crippen LogP contribution in [0.15, 0.2) is 12.1 Å². The predicted molar refractivity (Wildman–Crippen MR) is 123 cm³/mol. The monoisotopic (exact) mass is 453 g/mol. The number of methoxy groups -OCH3 is 1. The molecule has 0 N–H and O–H groups in total. The number of carbonyl (C=O) groups is 2. The molecule has 2 amide bonds. The summed E-state index contributed by atoms with van der Waals surface area (Å²) in [6, 6.07) is 3.34. The molecule has 1 aromatic rings. The quantitative estimate of drug-likeness (QED) is 0.543. The lowest BCUT2D eigenvalue weighted by Crippen LogP contribution is -2.51. The van der Waals surface area contributed by atoms with E-state index in [1.807, 2.05) is 18.7 Å². The summed E-state index contributed by atoms with van der Waals surface area (Å²) in [6.45, 7) is 13.1. The van der Waals surface area contributed by atoms with Crippen molar-refractivity contribution >= 4 is 23.4 Å². The Morgan fingerprint density at radius 3 is 2.32 bits per heavy atom. The smallest absolute Gasteiger partial charge is 0.254 e. The Bertz CT molecular complexity index is 745. The largest absolute Gasteiger partial charge is 0.493 e. The van der Waals surface area contributed by atoms with Crippen LogP contribution in [0.5, 0.6) is 11.5 Å². The van der Waals surface area contributed by atoms with Crippen molar-refractivity contribution in [3.05, 3.63) is 22.7 Å². The van der Waals surface area contributed by atoms with Crippen LogP contribution < -0.4 is 9.47 Å². The molecule has 8 heteroatoms. The second-order valence-electron chi connectivity index (χ2n) is 8.15. The van der Waals surface area contributed by atoms with Crippen LogP contribution in [0.2, 0.25) is 5.02 Å². The molecule has 0 spiro atoms. The van der Waals surface area contributed by atoms with Gasteiger partial charge in [0.05, 0.1) is 25.3 Å². The second kappa shape index (κ2) is 12.2. The van der Waals surface area contributed by atoms with E-state index in [9.17, 15) is 9.59 Å². The van der Waals surface area contributed by atoms with Crippen molar-refractivity contribution < 1.29 is 19.1 Å². The molecule has 0 atom stereocenters. The Morgan fingerprint density at radius 1 is 1.13 bits per heavy atom. The van der Waals surface area contributed by atoms with Gasteiger partial charge in [0.15, 0.2) is 11.5 Å². The van der Waals surface area contributed by atoms with Gasteiger partial charge in [-0.25, -0.2) is 0 Å². The average molecular weight is 454 g/mol. The molecule has 0 unspecified atom stereocenters. The predicted octanol–water partition coefficient (Wildman–Crippen LogP) is 3.40. The van der Waals surface area contributed by atoms with E-state index in [-0.39, 0.29) is 11.8 Å². The fraction of sp³-hybridized carbons (Fsp3) is 0.652. The number of hydrogen-bond donors (Lipinski definition) is 0. The number of rotatable bonds is 10. The van der Waals surface area contributed by atoms with Gasteiger partial charge in [-0.05, 0) is 38.3 Å². The van der Waals surface area contributed by atoms with Crippen molar-refractivity contribution in [2.75, 3.05) is 59.5 Å². The standard InChI is InChI=1S/C23H36ClN3O4/c1-6-26(7-2)21(28)16-25-9-11-27(12-10-25)23(29)18-14-19(24)22(20(15-18)30-5)31-13-8-17(3)4/h14-15,17H,6-13,16H2,1-5H3. The number of likely N-dealkylation sites (N-methyl/N-ethyl adjacent to an activating group) is 1. The number of halogens is 1. The molecule has 0 bridgehead atoms. The Labute approximate surface area is 191 Å². The van der Waals surface area contributed by atoms with Crippen LogP contribution in [0.25, 0.3) is 0 Å². The van der Waals surface area contributed by atoms with Crippen LogP contribution in [0.1, 0.15) is 44.5 Å². The summed E-state index contributed by atoms with van der Waals surface area (Å²) in [5.41, 5.74) is 0.478. The molecule has 7 nitrogen and oxygen atoms in total. The van der Waals surface area contributed by atoms with Gasteiger partial charge in [0.1, 0.15) is 0 Å². The summed E-state index contributed by atoms with van der Waals surface area (Å²) >= 11 is 6.42. The molecule has 2 rings (SSSR count). The van der Waals surface area contributed by atoms with Crippen LogP contribution in [0.4, 0.5) is 0 Å². The number of ether oxygens (including phenoxy) is 2. The molecule has 1 aromatic carbocycles. The Hall–Kier alpha value is -1.99. The third-order valence-corrected chi connectivity index (χ3v) is 5.83. The lowest BCUT2D eigenvalue weighted by atomic mass is 10.1. The van der Waals surface area contributed by atoms with Crippen LogP contribution in [0, 0.1) is 5.92 Å². The number of amides is 2. The average Bonchev–Trinajstić information content (AvgIpc) is 2.75. The van der Waals surface area contributed by atoms with E-state index in [4.69, 9.17) is 21.1 Å². The molecule has 1 fully saturated rings. The zero-order chi connectivity index (χ0) is 23.0. The summed E-state index contributed by atoms with van der Waals surface area (Å²) in [5.74, 6) is 1.49. The van der Waals surface area contributed by atoms with E-state index in [2.05, 4.69) is 18.7 Å². The third-order valence-electron chi connectivity index (χ3n) is 5.55. The first-order chi connectivity index (χ1) is 14.8. The van der Waals surface area contributed by atoms with Crippen molar-refractivity contribution in [1.29, 1.82) is 0 Å². The first-order valence-electron chi connectivity index (χ1n) is 11.1. The number of nitrogens with zero attached hydrogens (tertiary/aromatic N) is 3. The maximum absolute atomic E-state index is 13.0. The highest BCUT2D eigenvalue weighted by Gasteiger charge is 2.26. The van der Waals surface area contributed by atoms with Gasteiger partial charge < -0.3 is 19.3 Å². The van der Waals surface area contributed by atoms with Gasteiger partial charge in [-0.1, -0.05) is 25.4 Å². The minimum Gasteiger partial charge on any atom is -0.493 e. The zero-order valence-corrected chi connectivity index (χ0v) is 20.2. The summed E-state index contributed by atoms with van der Waals surface area (Å²) in [7, 11) is 1.54. The molecule has 1 saturated heterocycles. The topological polar surface area (TPSA) is 62.3 Å². The van der Waals surface area contributed by atoms with E-state index < -0.39 is 0 Å². The van der Waals surface area contributed by atoms with Crippen molar-refractivity contribution in [1.82, 2.24) is 14.7 Å². The van der Waals surface area contributed by atoms with Crippen molar-refractivity contribution in [2.24, 2.45) is 5.92 Å². The van der Waals surface area contributed by atoms with E-state index >= 15 is 0 Å². The maximum Gasteiger partial charge on any atom is 0.254 e. The lowest BCUT2D eigenvalue weighted by Gasteiger charge is -2.35. The van der Waals surface area contributed by atoms with Gasteiger partial charge in [-0.2, -0.15) is 0 Å². The first kappa shape index (κ1) is 25.3. The van der Waals surface area contributed by atoms with Gasteiger partial charge in [-0.3, -0.25) is 14.5 Å². The minimum atomic E-state index is -0.0938. The summed E-state index contributed by atoms with van der Waals surface area (Å²) in [6.07, 6.45) is 0.904. The third kappa shape index (κ3) is 7.01. The minimum absolute atomic E-state index is 0.0938. The summed E-state index contributed by atoms with van der Waals surface area (Å²) in [4.78, 5) is 31.1. The van der Waals surface area contributed by atoms with Crippen LogP contribution >= 0.6 is 11.6 Å². The number of benzene rings is 1. The highest BCUT2D eigenvalue weighted by molar-refractivity contribution is 6.32. The highest BCUT2D eigenvalue weighted by Crippen LogP contribution is 2.37. The van der Waals surface area contributed by atoms with Crippen molar-refractivity contribution in [3.8, 4) is 11.5 Å². The fourth-order valence-corrected chi connectivity index (χ4v) is 3.80. The molecular formula is C23H36ClN3O4. The summed E-state index contributed by atoms with van der Waals surface area (Å²) < 4.78 is 11.2. The highest BCUT2D eigenvalue weighted by atomic mass is 35.5. The molecule has 0 aromatic heterocycles. The van der Waals surface area contributed by atoms with Gasteiger partial charge in [0.25, 0.3) is 5.91 Å². The molecule has 174 valence electrons. The van der Waals surface area contributed by atoms with E-state index in [1.165, 1.54) is 0 Å². The molecule has 1 heterocycles. The number of piperazine rings is 1. The summed E-state index contributed by atoms with van der Waals surface area (Å²) in [5, 5.41) is 0.370. The number of hydrogen-bond acceptors (Lipinski definition) is 5. The van der Waals surface area contributed by atoms with Crippen molar-refractivity contribution in [2.45, 2.75) is 34.1 Å². The maximum atomic E-state index is 13.0.